The molecule has 0 aromatic carbocycles. The number of hydroxylamine groups is 2. The highest BCUT2D eigenvalue weighted by molar-refractivity contribution is 5.82. The first-order valence-electron chi connectivity index (χ1n) is 4.82. The fourth-order valence-electron chi connectivity index (χ4n) is 1.29. The van der Waals surface area contributed by atoms with E-state index in [9.17, 15) is 9.59 Å². The van der Waals surface area contributed by atoms with Gasteiger partial charge in [-0.25, -0.2) is 9.86 Å². The van der Waals surface area contributed by atoms with E-state index >= 15 is 0 Å². The lowest BCUT2D eigenvalue weighted by Crippen LogP contribution is -2.39. The predicted molar refractivity (Wildman–Crippen MR) is 51.6 cm³/mol. The van der Waals surface area contributed by atoms with E-state index in [1.807, 2.05) is 0 Å². The van der Waals surface area contributed by atoms with E-state index in [-0.39, 0.29) is 5.91 Å². The summed E-state index contributed by atoms with van der Waals surface area (Å²) in [6.07, 6.45) is 0.916. The van der Waals surface area contributed by atoms with Gasteiger partial charge >= 0.3 is 6.09 Å². The smallest absolute Gasteiger partial charge is 0.405 e. The lowest BCUT2D eigenvalue weighted by atomic mass is 10.1. The molecule has 1 aliphatic carbocycles. The summed E-state index contributed by atoms with van der Waals surface area (Å²) in [6.45, 7) is 0. The Hall–Kier alpha value is -1.30. The topological polar surface area (TPSA) is 81.9 Å². The first-order chi connectivity index (χ1) is 7.04. The van der Waals surface area contributed by atoms with E-state index in [2.05, 4.69) is 0 Å². The van der Waals surface area contributed by atoms with Gasteiger partial charge in [-0.1, -0.05) is 12.8 Å². The summed E-state index contributed by atoms with van der Waals surface area (Å²) in [4.78, 5) is 27.0. The van der Waals surface area contributed by atoms with E-state index < -0.39 is 12.2 Å². The Morgan fingerprint density at radius 2 is 2.13 bits per heavy atom. The van der Waals surface area contributed by atoms with Crippen molar-refractivity contribution in [2.75, 3.05) is 14.2 Å². The van der Waals surface area contributed by atoms with Crippen LogP contribution in [0.5, 0.6) is 0 Å². The average Bonchev–Trinajstić information content (AvgIpc) is 2.97. The Kier molecular flexibility index (Phi) is 3.90. The molecule has 0 radical (unpaired) electrons. The molecule has 1 aliphatic rings. The van der Waals surface area contributed by atoms with Crippen LogP contribution < -0.4 is 5.73 Å². The number of amides is 2. The third kappa shape index (κ3) is 3.75. The van der Waals surface area contributed by atoms with Crippen LogP contribution in [0.15, 0.2) is 0 Å². The summed E-state index contributed by atoms with van der Waals surface area (Å²) in [6, 6.07) is 0. The molecule has 0 aromatic rings. The number of nitrogens with two attached hydrogens (primary N) is 1. The number of carbonyl (C=O) groups excluding carboxylic acids is 2. The second-order valence-electron chi connectivity index (χ2n) is 3.62. The standard InChI is InChI=1S/C9H16N2O4/c1-11(14-2)8(12)7(15-9(10)13)5-6-3-4-6/h6-7H,3-5H2,1-2H3,(H2,10,13). The molecule has 0 spiro atoms. The summed E-state index contributed by atoms with van der Waals surface area (Å²) in [7, 11) is 2.84. The Morgan fingerprint density at radius 1 is 1.53 bits per heavy atom. The molecule has 1 unspecified atom stereocenters. The van der Waals surface area contributed by atoms with Gasteiger partial charge in [0.1, 0.15) is 0 Å². The van der Waals surface area contributed by atoms with Crippen molar-refractivity contribution in [3.8, 4) is 0 Å². The lowest BCUT2D eigenvalue weighted by Gasteiger charge is -2.20. The number of rotatable bonds is 5. The van der Waals surface area contributed by atoms with Crippen molar-refractivity contribution >= 4 is 12.0 Å². The molecule has 0 saturated heterocycles. The Bertz CT molecular complexity index is 252. The van der Waals surface area contributed by atoms with Crippen molar-refractivity contribution in [1.82, 2.24) is 5.06 Å². The maximum Gasteiger partial charge on any atom is 0.405 e. The van der Waals surface area contributed by atoms with Crippen molar-refractivity contribution in [3.63, 3.8) is 0 Å². The minimum Gasteiger partial charge on any atom is -0.436 e. The number of nitrogens with zero attached hydrogens (tertiary/aromatic N) is 1. The average molecular weight is 216 g/mol. The van der Waals surface area contributed by atoms with E-state index in [4.69, 9.17) is 15.3 Å². The number of hydrogen-bond acceptors (Lipinski definition) is 4. The van der Waals surface area contributed by atoms with Gasteiger partial charge in [-0.3, -0.25) is 9.63 Å². The van der Waals surface area contributed by atoms with Crippen LogP contribution in [0, 0.1) is 5.92 Å². The van der Waals surface area contributed by atoms with Crippen LogP contribution in [0.1, 0.15) is 19.3 Å². The van der Waals surface area contributed by atoms with Crippen LogP contribution >= 0.6 is 0 Å². The van der Waals surface area contributed by atoms with Gasteiger partial charge in [-0.15, -0.1) is 0 Å². The van der Waals surface area contributed by atoms with E-state index in [0.717, 1.165) is 17.9 Å². The molecule has 1 fully saturated rings. The SMILES string of the molecule is CON(C)C(=O)C(CC1CC1)OC(N)=O. The molecule has 0 heterocycles. The molecule has 1 atom stereocenters. The highest BCUT2D eigenvalue weighted by atomic mass is 16.7. The largest absolute Gasteiger partial charge is 0.436 e. The van der Waals surface area contributed by atoms with Crippen LogP contribution in [-0.4, -0.2) is 37.3 Å². The van der Waals surface area contributed by atoms with Crippen LogP contribution in [0.3, 0.4) is 0 Å². The maximum atomic E-state index is 11.6. The van der Waals surface area contributed by atoms with Crippen molar-refractivity contribution < 1.29 is 19.2 Å². The lowest BCUT2D eigenvalue weighted by molar-refractivity contribution is -0.178. The summed E-state index contributed by atoms with van der Waals surface area (Å²) >= 11 is 0. The molecule has 1 saturated carbocycles. The maximum absolute atomic E-state index is 11.6. The first-order valence-corrected chi connectivity index (χ1v) is 4.82. The fourth-order valence-corrected chi connectivity index (χ4v) is 1.29. The Labute approximate surface area is 88.3 Å². The molecule has 0 bridgehead atoms. The van der Waals surface area contributed by atoms with Crippen molar-refractivity contribution in [3.05, 3.63) is 0 Å². The summed E-state index contributed by atoms with van der Waals surface area (Å²) in [5.74, 6) is 0.0757. The van der Waals surface area contributed by atoms with Gasteiger partial charge in [0.25, 0.3) is 5.91 Å². The van der Waals surface area contributed by atoms with E-state index in [1.54, 1.807) is 0 Å². The number of carbonyl (C=O) groups is 2. The van der Waals surface area contributed by atoms with Gasteiger partial charge in [0.05, 0.1) is 7.11 Å². The summed E-state index contributed by atoms with van der Waals surface area (Å²) in [5.41, 5.74) is 4.90. The van der Waals surface area contributed by atoms with E-state index in [0.29, 0.717) is 12.3 Å². The van der Waals surface area contributed by atoms with Gasteiger partial charge in [0, 0.05) is 7.05 Å². The molecular weight excluding hydrogens is 200 g/mol. The Balaban J connectivity index is 2.52. The highest BCUT2D eigenvalue weighted by Gasteiger charge is 2.33. The molecule has 2 N–H and O–H groups in total. The monoisotopic (exact) mass is 216 g/mol. The van der Waals surface area contributed by atoms with Crippen LogP contribution in [0.25, 0.3) is 0 Å². The number of primary amides is 1. The summed E-state index contributed by atoms with van der Waals surface area (Å²) < 4.78 is 4.75. The zero-order chi connectivity index (χ0) is 11.4. The highest BCUT2D eigenvalue weighted by Crippen LogP contribution is 2.34. The van der Waals surface area contributed by atoms with Gasteiger partial charge in [-0.05, 0) is 12.3 Å². The minimum atomic E-state index is -0.932. The molecule has 1 rings (SSSR count). The molecule has 86 valence electrons. The van der Waals surface area contributed by atoms with Crippen LogP contribution in [0.4, 0.5) is 4.79 Å². The zero-order valence-corrected chi connectivity index (χ0v) is 8.93. The number of hydrogen-bond donors (Lipinski definition) is 1. The van der Waals surface area contributed by atoms with Crippen LogP contribution in [0.2, 0.25) is 0 Å². The number of likely N-dealkylation sites (N-methyl/N-ethyl adjacent to an activating group) is 1. The molecule has 0 aromatic heterocycles. The van der Waals surface area contributed by atoms with Crippen molar-refractivity contribution in [2.24, 2.45) is 11.7 Å². The quantitative estimate of drug-likeness (QED) is 0.669. The van der Waals surface area contributed by atoms with Crippen LogP contribution in [-0.2, 0) is 14.4 Å². The minimum absolute atomic E-state index is 0.386. The molecule has 15 heavy (non-hydrogen) atoms. The predicted octanol–water partition coefficient (Wildman–Crippen LogP) is 0.270. The van der Waals surface area contributed by atoms with E-state index in [1.165, 1.54) is 14.2 Å². The summed E-state index contributed by atoms with van der Waals surface area (Å²) in [5, 5.41) is 1.04. The molecule has 0 aliphatic heterocycles. The first kappa shape index (κ1) is 11.8. The second kappa shape index (κ2) is 4.97. The fraction of sp³-hybridized carbons (Fsp3) is 0.778. The molecule has 6 nitrogen and oxygen atoms in total. The molecular formula is C9H16N2O4. The van der Waals surface area contributed by atoms with Gasteiger partial charge in [0.2, 0.25) is 0 Å². The van der Waals surface area contributed by atoms with Crippen molar-refractivity contribution in [1.29, 1.82) is 0 Å². The van der Waals surface area contributed by atoms with Gasteiger partial charge in [-0.2, -0.15) is 0 Å². The molecule has 6 heteroatoms. The van der Waals surface area contributed by atoms with Crippen molar-refractivity contribution in [2.45, 2.75) is 25.4 Å². The second-order valence-corrected chi connectivity index (χ2v) is 3.62. The third-order valence-corrected chi connectivity index (χ3v) is 2.36. The number of ether oxygens (including phenoxy) is 1. The normalized spacial score (nSPS) is 16.9. The zero-order valence-electron chi connectivity index (χ0n) is 8.93. The van der Waals surface area contributed by atoms with Gasteiger partial charge < -0.3 is 10.5 Å². The molecule has 2 amide bonds. The van der Waals surface area contributed by atoms with Gasteiger partial charge in [0.15, 0.2) is 6.10 Å². The third-order valence-electron chi connectivity index (χ3n) is 2.36. The Morgan fingerprint density at radius 3 is 2.53 bits per heavy atom.